The van der Waals surface area contributed by atoms with Crippen LogP contribution in [0.15, 0.2) is 51.7 Å². The summed E-state index contributed by atoms with van der Waals surface area (Å²) in [6, 6.07) is 9.56. The van der Waals surface area contributed by atoms with Crippen LogP contribution in [-0.2, 0) is 11.2 Å². The molecule has 128 valence electrons. The van der Waals surface area contributed by atoms with Crippen LogP contribution < -0.4 is 5.43 Å². The van der Waals surface area contributed by atoms with Gasteiger partial charge in [0.2, 0.25) is 5.76 Å². The SMILES string of the molecule is O=C(OCCc1ccc(O)c(O)c1)c1cc(=O)c2c(O)cccc2o1. The maximum Gasteiger partial charge on any atom is 0.374 e. The number of hydrogen-bond acceptors (Lipinski definition) is 7. The van der Waals surface area contributed by atoms with Crippen molar-refractivity contribution in [3.63, 3.8) is 0 Å². The van der Waals surface area contributed by atoms with Gasteiger partial charge < -0.3 is 24.5 Å². The summed E-state index contributed by atoms with van der Waals surface area (Å²) in [5.74, 6) is -1.80. The van der Waals surface area contributed by atoms with E-state index in [1.54, 1.807) is 6.07 Å². The molecule has 0 saturated carbocycles. The Kier molecular flexibility index (Phi) is 4.30. The summed E-state index contributed by atoms with van der Waals surface area (Å²) in [6.45, 7) is -0.00909. The van der Waals surface area contributed by atoms with E-state index in [9.17, 15) is 24.9 Å². The quantitative estimate of drug-likeness (QED) is 0.492. The number of phenolic OH excluding ortho intramolecular Hbond substituents is 3. The molecule has 0 fully saturated rings. The highest BCUT2D eigenvalue weighted by atomic mass is 16.5. The lowest BCUT2D eigenvalue weighted by Crippen LogP contribution is -2.12. The normalized spacial score (nSPS) is 10.7. The van der Waals surface area contributed by atoms with E-state index in [0.717, 1.165) is 6.07 Å². The highest BCUT2D eigenvalue weighted by Crippen LogP contribution is 2.25. The third-order valence-corrected chi connectivity index (χ3v) is 3.60. The number of esters is 1. The van der Waals surface area contributed by atoms with E-state index >= 15 is 0 Å². The van der Waals surface area contributed by atoms with Gasteiger partial charge in [-0.3, -0.25) is 4.79 Å². The minimum absolute atomic E-state index is 0.00128. The van der Waals surface area contributed by atoms with Gasteiger partial charge in [-0.2, -0.15) is 0 Å². The molecule has 0 amide bonds. The first-order valence-electron chi connectivity index (χ1n) is 7.39. The molecule has 0 aliphatic carbocycles. The van der Waals surface area contributed by atoms with Crippen molar-refractivity contribution in [2.24, 2.45) is 0 Å². The number of ether oxygens (including phenoxy) is 1. The van der Waals surface area contributed by atoms with E-state index in [0.29, 0.717) is 12.0 Å². The molecular weight excluding hydrogens is 328 g/mol. The number of hydrogen-bond donors (Lipinski definition) is 3. The van der Waals surface area contributed by atoms with E-state index in [1.165, 1.54) is 30.3 Å². The van der Waals surface area contributed by atoms with Gasteiger partial charge in [0.15, 0.2) is 16.9 Å². The first-order valence-corrected chi connectivity index (χ1v) is 7.39. The number of carbonyl (C=O) groups is 1. The zero-order valence-electron chi connectivity index (χ0n) is 12.9. The molecule has 2 aromatic carbocycles. The van der Waals surface area contributed by atoms with Gasteiger partial charge in [0.05, 0.1) is 6.61 Å². The van der Waals surface area contributed by atoms with Crippen LogP contribution in [0.3, 0.4) is 0 Å². The summed E-state index contributed by atoms with van der Waals surface area (Å²) >= 11 is 0. The molecule has 0 bridgehead atoms. The Hall–Kier alpha value is -3.48. The molecule has 0 spiro atoms. The van der Waals surface area contributed by atoms with Crippen LogP contribution in [0.1, 0.15) is 16.1 Å². The number of aromatic hydroxyl groups is 3. The van der Waals surface area contributed by atoms with Crippen LogP contribution in [0.2, 0.25) is 0 Å². The van der Waals surface area contributed by atoms with Crippen molar-refractivity contribution in [2.45, 2.75) is 6.42 Å². The Morgan fingerprint density at radius 1 is 1.00 bits per heavy atom. The number of phenols is 3. The molecule has 0 atom stereocenters. The summed E-state index contributed by atoms with van der Waals surface area (Å²) in [5.41, 5.74) is 0.200. The maximum absolute atomic E-state index is 12.0. The predicted molar refractivity (Wildman–Crippen MR) is 87.9 cm³/mol. The largest absolute Gasteiger partial charge is 0.507 e. The molecule has 0 aliphatic heterocycles. The number of fused-ring (bicyclic) bond motifs is 1. The fraction of sp³-hybridized carbons (Fsp3) is 0.111. The average Bonchev–Trinajstić information content (AvgIpc) is 2.57. The van der Waals surface area contributed by atoms with E-state index in [-0.39, 0.29) is 40.6 Å². The molecule has 3 N–H and O–H groups in total. The summed E-state index contributed by atoms with van der Waals surface area (Å²) in [4.78, 5) is 24.0. The second-order valence-corrected chi connectivity index (χ2v) is 5.33. The number of rotatable bonds is 4. The Labute approximate surface area is 141 Å². The maximum atomic E-state index is 12.0. The molecule has 3 aromatic rings. The standard InChI is InChI=1S/C18H14O7/c19-11-5-4-10(8-13(11)21)6-7-24-18(23)16-9-14(22)17-12(20)2-1-3-15(17)25-16/h1-5,8-9,19-21H,6-7H2. The molecule has 0 aliphatic rings. The number of benzene rings is 2. The van der Waals surface area contributed by atoms with Gasteiger partial charge in [0, 0.05) is 12.5 Å². The fourth-order valence-corrected chi connectivity index (χ4v) is 2.35. The predicted octanol–water partition coefficient (Wildman–Crippen LogP) is 2.31. The van der Waals surface area contributed by atoms with Crippen LogP contribution in [0, 0.1) is 0 Å². The van der Waals surface area contributed by atoms with E-state index in [1.807, 2.05) is 0 Å². The second-order valence-electron chi connectivity index (χ2n) is 5.33. The monoisotopic (exact) mass is 342 g/mol. The summed E-state index contributed by atoms with van der Waals surface area (Å²) < 4.78 is 10.4. The van der Waals surface area contributed by atoms with Crippen molar-refractivity contribution in [3.05, 3.63) is 64.0 Å². The van der Waals surface area contributed by atoms with Crippen molar-refractivity contribution in [3.8, 4) is 17.2 Å². The second kappa shape index (κ2) is 6.56. The van der Waals surface area contributed by atoms with E-state index < -0.39 is 11.4 Å². The molecule has 3 rings (SSSR count). The summed E-state index contributed by atoms with van der Waals surface area (Å²) in [6.07, 6.45) is 0.304. The van der Waals surface area contributed by atoms with Crippen molar-refractivity contribution in [1.82, 2.24) is 0 Å². The van der Waals surface area contributed by atoms with Gasteiger partial charge in [-0.1, -0.05) is 12.1 Å². The molecular formula is C18H14O7. The van der Waals surface area contributed by atoms with Crippen molar-refractivity contribution in [2.75, 3.05) is 6.61 Å². The van der Waals surface area contributed by atoms with Crippen LogP contribution in [0.5, 0.6) is 17.2 Å². The van der Waals surface area contributed by atoms with E-state index in [2.05, 4.69) is 0 Å². The minimum Gasteiger partial charge on any atom is -0.507 e. The van der Waals surface area contributed by atoms with Crippen LogP contribution in [0.25, 0.3) is 11.0 Å². The highest BCUT2D eigenvalue weighted by Gasteiger charge is 2.15. The molecule has 1 aromatic heterocycles. The zero-order valence-corrected chi connectivity index (χ0v) is 12.9. The lowest BCUT2D eigenvalue weighted by molar-refractivity contribution is 0.0473. The zero-order chi connectivity index (χ0) is 18.0. The average molecular weight is 342 g/mol. The first-order chi connectivity index (χ1) is 12.0. The summed E-state index contributed by atoms with van der Waals surface area (Å²) in [7, 11) is 0. The lowest BCUT2D eigenvalue weighted by atomic mass is 10.1. The fourth-order valence-electron chi connectivity index (χ4n) is 2.35. The van der Waals surface area contributed by atoms with Gasteiger partial charge in [-0.25, -0.2) is 4.79 Å². The number of carbonyl (C=O) groups excluding carboxylic acids is 1. The van der Waals surface area contributed by atoms with Gasteiger partial charge >= 0.3 is 5.97 Å². The van der Waals surface area contributed by atoms with Gasteiger partial charge in [-0.15, -0.1) is 0 Å². The summed E-state index contributed by atoms with van der Waals surface area (Å²) in [5, 5.41) is 28.3. The van der Waals surface area contributed by atoms with Gasteiger partial charge in [0.25, 0.3) is 0 Å². The third-order valence-electron chi connectivity index (χ3n) is 3.60. The molecule has 0 saturated heterocycles. The molecule has 7 nitrogen and oxygen atoms in total. The van der Waals surface area contributed by atoms with Gasteiger partial charge in [-0.05, 0) is 29.8 Å². The van der Waals surface area contributed by atoms with Crippen molar-refractivity contribution >= 4 is 16.9 Å². The molecule has 0 unspecified atom stereocenters. The van der Waals surface area contributed by atoms with E-state index in [4.69, 9.17) is 9.15 Å². The smallest absolute Gasteiger partial charge is 0.374 e. The molecule has 7 heteroatoms. The molecule has 25 heavy (non-hydrogen) atoms. The molecule has 1 heterocycles. The van der Waals surface area contributed by atoms with Crippen LogP contribution >= 0.6 is 0 Å². The van der Waals surface area contributed by atoms with Crippen molar-refractivity contribution < 1.29 is 29.3 Å². The highest BCUT2D eigenvalue weighted by molar-refractivity contribution is 5.90. The van der Waals surface area contributed by atoms with Crippen LogP contribution in [-0.4, -0.2) is 27.9 Å². The Morgan fingerprint density at radius 3 is 2.56 bits per heavy atom. The Bertz CT molecular complexity index is 1000. The van der Waals surface area contributed by atoms with Crippen molar-refractivity contribution in [1.29, 1.82) is 0 Å². The topological polar surface area (TPSA) is 117 Å². The lowest BCUT2D eigenvalue weighted by Gasteiger charge is -2.06. The van der Waals surface area contributed by atoms with Gasteiger partial charge in [0.1, 0.15) is 16.7 Å². The minimum atomic E-state index is -0.814. The molecule has 0 radical (unpaired) electrons. The Balaban J connectivity index is 1.72. The first kappa shape index (κ1) is 16.4. The third kappa shape index (κ3) is 3.40. The Morgan fingerprint density at radius 2 is 1.80 bits per heavy atom. The van der Waals surface area contributed by atoms with Crippen LogP contribution in [0.4, 0.5) is 0 Å².